The van der Waals surface area contributed by atoms with Crippen LogP contribution in [-0.2, 0) is 14.8 Å². The van der Waals surface area contributed by atoms with Crippen LogP contribution in [0.5, 0.6) is 0 Å². The molecular weight excluding hydrogens is 262 g/mol. The van der Waals surface area contributed by atoms with Crippen molar-refractivity contribution in [1.82, 2.24) is 4.72 Å². The van der Waals surface area contributed by atoms with Crippen molar-refractivity contribution in [1.29, 1.82) is 0 Å². The fraction of sp³-hybridized carbons (Fsp3) is 0.200. The molecule has 1 rings (SSSR count). The van der Waals surface area contributed by atoms with Crippen LogP contribution < -0.4 is 4.72 Å². The SMILES string of the molecule is CCOC(=O)NS(=O)(=O)c1ccc(C(=O)O)cc1. The second-order valence-corrected chi connectivity index (χ2v) is 4.84. The monoisotopic (exact) mass is 273 g/mol. The highest BCUT2D eigenvalue weighted by molar-refractivity contribution is 7.90. The average Bonchev–Trinajstić information content (AvgIpc) is 2.28. The summed E-state index contributed by atoms with van der Waals surface area (Å²) in [6.45, 7) is 1.58. The Kier molecular flexibility index (Phi) is 4.27. The molecule has 0 radical (unpaired) electrons. The van der Waals surface area contributed by atoms with Gasteiger partial charge in [0, 0.05) is 0 Å². The fourth-order valence-corrected chi connectivity index (χ4v) is 2.00. The van der Waals surface area contributed by atoms with E-state index in [1.54, 1.807) is 4.72 Å². The molecule has 98 valence electrons. The first-order valence-corrected chi connectivity index (χ1v) is 6.38. The van der Waals surface area contributed by atoms with Crippen LogP contribution in [0.1, 0.15) is 17.3 Å². The van der Waals surface area contributed by atoms with Crippen molar-refractivity contribution in [2.75, 3.05) is 6.61 Å². The normalized spacial score (nSPS) is 10.7. The third-order valence-electron chi connectivity index (χ3n) is 1.90. The minimum atomic E-state index is -4.04. The lowest BCUT2D eigenvalue weighted by Crippen LogP contribution is -2.31. The third-order valence-corrected chi connectivity index (χ3v) is 3.23. The number of rotatable bonds is 4. The number of benzene rings is 1. The molecule has 0 atom stereocenters. The van der Waals surface area contributed by atoms with E-state index in [4.69, 9.17) is 5.11 Å². The number of aromatic carboxylic acids is 1. The summed E-state index contributed by atoms with van der Waals surface area (Å²) in [5, 5.41) is 8.65. The highest BCUT2D eigenvalue weighted by Gasteiger charge is 2.18. The van der Waals surface area contributed by atoms with Crippen molar-refractivity contribution in [2.24, 2.45) is 0 Å². The summed E-state index contributed by atoms with van der Waals surface area (Å²) >= 11 is 0. The summed E-state index contributed by atoms with van der Waals surface area (Å²) in [6, 6.07) is 4.43. The van der Waals surface area contributed by atoms with E-state index in [2.05, 4.69) is 4.74 Å². The number of ether oxygens (including phenoxy) is 1. The zero-order chi connectivity index (χ0) is 13.8. The van der Waals surface area contributed by atoms with Crippen LogP contribution in [0, 0.1) is 0 Å². The second kappa shape index (κ2) is 5.50. The molecule has 0 bridgehead atoms. The summed E-state index contributed by atoms with van der Waals surface area (Å²) in [4.78, 5) is 21.4. The van der Waals surface area contributed by atoms with E-state index in [1.165, 1.54) is 6.92 Å². The lowest BCUT2D eigenvalue weighted by Gasteiger charge is -2.06. The van der Waals surface area contributed by atoms with Crippen molar-refractivity contribution in [3.05, 3.63) is 29.8 Å². The molecular formula is C10H11NO6S. The van der Waals surface area contributed by atoms with Crippen LogP contribution in [0.15, 0.2) is 29.2 Å². The van der Waals surface area contributed by atoms with Crippen LogP contribution in [0.4, 0.5) is 4.79 Å². The molecule has 0 aliphatic heterocycles. The number of hydrogen-bond donors (Lipinski definition) is 2. The van der Waals surface area contributed by atoms with E-state index in [-0.39, 0.29) is 17.1 Å². The summed E-state index contributed by atoms with van der Waals surface area (Å²) < 4.78 is 29.4. The number of hydrogen-bond acceptors (Lipinski definition) is 5. The van der Waals surface area contributed by atoms with Gasteiger partial charge in [-0.05, 0) is 31.2 Å². The molecule has 0 unspecified atom stereocenters. The van der Waals surface area contributed by atoms with Gasteiger partial charge in [-0.15, -0.1) is 0 Å². The van der Waals surface area contributed by atoms with E-state index in [9.17, 15) is 18.0 Å². The highest BCUT2D eigenvalue weighted by atomic mass is 32.2. The van der Waals surface area contributed by atoms with Crippen LogP contribution in [0.3, 0.4) is 0 Å². The van der Waals surface area contributed by atoms with E-state index >= 15 is 0 Å². The fourth-order valence-electron chi connectivity index (χ4n) is 1.11. The molecule has 2 N–H and O–H groups in total. The van der Waals surface area contributed by atoms with Gasteiger partial charge in [-0.25, -0.2) is 22.7 Å². The molecule has 1 amide bonds. The molecule has 0 spiro atoms. The Bertz CT molecular complexity index is 548. The number of carbonyl (C=O) groups is 2. The molecule has 8 heteroatoms. The van der Waals surface area contributed by atoms with Crippen LogP contribution in [0.25, 0.3) is 0 Å². The van der Waals surface area contributed by atoms with Crippen molar-refractivity contribution in [2.45, 2.75) is 11.8 Å². The van der Waals surface area contributed by atoms with Crippen LogP contribution in [-0.4, -0.2) is 32.2 Å². The van der Waals surface area contributed by atoms with Gasteiger partial charge in [-0.1, -0.05) is 0 Å². The molecule has 18 heavy (non-hydrogen) atoms. The molecule has 0 heterocycles. The lowest BCUT2D eigenvalue weighted by atomic mass is 10.2. The van der Waals surface area contributed by atoms with Crippen LogP contribution >= 0.6 is 0 Å². The lowest BCUT2D eigenvalue weighted by molar-refractivity contribution is 0.0696. The minimum absolute atomic E-state index is 0.0410. The van der Waals surface area contributed by atoms with Gasteiger partial charge in [0.1, 0.15) is 0 Å². The van der Waals surface area contributed by atoms with Crippen LogP contribution in [0.2, 0.25) is 0 Å². The van der Waals surface area contributed by atoms with Crippen molar-refractivity contribution >= 4 is 22.1 Å². The standard InChI is InChI=1S/C10H11NO6S/c1-2-17-10(14)11-18(15,16)8-5-3-7(4-6-8)9(12)13/h3-6H,2H2,1H3,(H,11,14)(H,12,13). The van der Waals surface area contributed by atoms with E-state index < -0.39 is 22.1 Å². The number of amides is 1. The molecule has 7 nitrogen and oxygen atoms in total. The number of nitrogens with one attached hydrogen (secondary N) is 1. The van der Waals surface area contributed by atoms with Gasteiger partial charge < -0.3 is 9.84 Å². The van der Waals surface area contributed by atoms with Crippen molar-refractivity contribution in [3.63, 3.8) is 0 Å². The zero-order valence-electron chi connectivity index (χ0n) is 9.41. The smallest absolute Gasteiger partial charge is 0.421 e. The molecule has 0 aromatic heterocycles. The Labute approximate surface area is 103 Å². The first kappa shape index (κ1) is 14.0. The van der Waals surface area contributed by atoms with Crippen molar-refractivity contribution < 1.29 is 27.9 Å². The Morgan fingerprint density at radius 3 is 2.28 bits per heavy atom. The maximum Gasteiger partial charge on any atom is 0.421 e. The number of sulfonamides is 1. The Balaban J connectivity index is 2.92. The molecule has 0 aliphatic rings. The van der Waals surface area contributed by atoms with Gasteiger partial charge >= 0.3 is 12.1 Å². The predicted octanol–water partition coefficient (Wildman–Crippen LogP) is 0.820. The third kappa shape index (κ3) is 3.45. The molecule has 0 aliphatic carbocycles. The maximum atomic E-state index is 11.6. The Morgan fingerprint density at radius 1 is 1.28 bits per heavy atom. The van der Waals surface area contributed by atoms with Gasteiger partial charge in [0.15, 0.2) is 0 Å². The summed E-state index contributed by atoms with van der Waals surface area (Å²) in [5.74, 6) is -1.17. The van der Waals surface area contributed by atoms with Gasteiger partial charge in [-0.2, -0.15) is 0 Å². The molecule has 0 saturated carbocycles. The van der Waals surface area contributed by atoms with Gasteiger partial charge in [0.05, 0.1) is 17.1 Å². The number of carboxylic acids is 1. The zero-order valence-corrected chi connectivity index (χ0v) is 10.2. The topological polar surface area (TPSA) is 110 Å². The molecule has 0 saturated heterocycles. The Morgan fingerprint density at radius 2 is 1.83 bits per heavy atom. The van der Waals surface area contributed by atoms with E-state index in [0.717, 1.165) is 24.3 Å². The predicted molar refractivity (Wildman–Crippen MR) is 60.7 cm³/mol. The quantitative estimate of drug-likeness (QED) is 0.840. The summed E-state index contributed by atoms with van der Waals surface area (Å²) in [7, 11) is -4.04. The minimum Gasteiger partial charge on any atom is -0.478 e. The second-order valence-electron chi connectivity index (χ2n) is 3.16. The van der Waals surface area contributed by atoms with Gasteiger partial charge in [-0.3, -0.25) is 0 Å². The number of carboxylic acid groups (broad SMARTS) is 1. The first-order valence-electron chi connectivity index (χ1n) is 4.89. The largest absolute Gasteiger partial charge is 0.478 e. The maximum absolute atomic E-state index is 11.6. The molecule has 1 aromatic carbocycles. The summed E-state index contributed by atoms with van der Waals surface area (Å²) in [6.07, 6.45) is -1.08. The molecule has 0 fully saturated rings. The average molecular weight is 273 g/mol. The number of carbonyl (C=O) groups excluding carboxylic acids is 1. The Hall–Kier alpha value is -2.09. The summed E-state index contributed by atoms with van der Waals surface area (Å²) in [5.41, 5.74) is -0.0508. The van der Waals surface area contributed by atoms with Gasteiger partial charge in [0.25, 0.3) is 10.0 Å². The van der Waals surface area contributed by atoms with E-state index in [1.807, 2.05) is 0 Å². The van der Waals surface area contributed by atoms with Crippen molar-refractivity contribution in [3.8, 4) is 0 Å². The molecule has 1 aromatic rings. The van der Waals surface area contributed by atoms with E-state index in [0.29, 0.717) is 0 Å². The first-order chi connectivity index (χ1) is 8.36. The van der Waals surface area contributed by atoms with Gasteiger partial charge in [0.2, 0.25) is 0 Å². The highest BCUT2D eigenvalue weighted by Crippen LogP contribution is 2.10.